The Morgan fingerprint density at radius 2 is 2.04 bits per heavy atom. The fraction of sp³-hybridized carbons (Fsp3) is 0.550. The van der Waals surface area contributed by atoms with Crippen LogP contribution in [0.3, 0.4) is 0 Å². The van der Waals surface area contributed by atoms with Crippen LogP contribution >= 0.6 is 35.6 Å². The van der Waals surface area contributed by atoms with E-state index in [0.29, 0.717) is 16.6 Å². The van der Waals surface area contributed by atoms with Gasteiger partial charge in [-0.3, -0.25) is 9.89 Å². The summed E-state index contributed by atoms with van der Waals surface area (Å²) < 4.78 is 0. The predicted octanol–water partition coefficient (Wildman–Crippen LogP) is 3.59. The number of guanidine groups is 1. The van der Waals surface area contributed by atoms with Gasteiger partial charge in [-0.05, 0) is 32.8 Å². The smallest absolute Gasteiger partial charge is 0.191 e. The van der Waals surface area contributed by atoms with Crippen molar-refractivity contribution in [3.63, 3.8) is 0 Å². The van der Waals surface area contributed by atoms with Crippen molar-refractivity contribution in [3.05, 3.63) is 47.0 Å². The van der Waals surface area contributed by atoms with Gasteiger partial charge in [0.15, 0.2) is 5.96 Å². The monoisotopic (exact) mass is 506 g/mol. The molecule has 1 saturated heterocycles. The van der Waals surface area contributed by atoms with Crippen LogP contribution in [0.1, 0.15) is 38.4 Å². The molecular weight excluding hydrogens is 475 g/mol. The van der Waals surface area contributed by atoms with E-state index in [1.807, 2.05) is 25.1 Å². The number of likely N-dealkylation sites (tertiary alicyclic amines) is 1. The Morgan fingerprint density at radius 1 is 1.37 bits per heavy atom. The van der Waals surface area contributed by atoms with Crippen molar-refractivity contribution < 1.29 is 5.11 Å². The van der Waals surface area contributed by atoms with E-state index in [0.717, 1.165) is 45.0 Å². The Kier molecular flexibility index (Phi) is 11.3. The number of rotatable bonds is 7. The van der Waals surface area contributed by atoms with E-state index in [1.54, 1.807) is 6.07 Å². The van der Waals surface area contributed by atoms with Gasteiger partial charge >= 0.3 is 0 Å². The maximum atomic E-state index is 10.4. The van der Waals surface area contributed by atoms with Gasteiger partial charge in [-0.25, -0.2) is 0 Å². The molecule has 5 nitrogen and oxygen atoms in total. The normalized spacial score (nSPS) is 17.1. The topological polar surface area (TPSA) is 59.9 Å². The second kappa shape index (κ2) is 12.6. The van der Waals surface area contributed by atoms with Crippen LogP contribution in [0.2, 0.25) is 5.02 Å². The zero-order valence-corrected chi connectivity index (χ0v) is 19.3. The molecule has 0 saturated carbocycles. The van der Waals surface area contributed by atoms with Crippen LogP contribution in [0, 0.1) is 0 Å². The fourth-order valence-corrected chi connectivity index (χ4v) is 3.41. The third kappa shape index (κ3) is 8.37. The SMILES string of the molecule is C=C(C)CN1CCC(NC(=NCC(O)c2ccccc2Cl)NCC)CC1.I. The maximum absolute atomic E-state index is 10.4. The molecule has 152 valence electrons. The van der Waals surface area contributed by atoms with E-state index in [4.69, 9.17) is 11.6 Å². The second-order valence-electron chi connectivity index (χ2n) is 6.91. The van der Waals surface area contributed by atoms with Gasteiger partial charge in [0.05, 0.1) is 6.54 Å². The molecule has 0 aliphatic carbocycles. The molecular formula is C20H32ClIN4O. The highest BCUT2D eigenvalue weighted by molar-refractivity contribution is 14.0. The summed E-state index contributed by atoms with van der Waals surface area (Å²) in [5.41, 5.74) is 1.92. The summed E-state index contributed by atoms with van der Waals surface area (Å²) in [5, 5.41) is 17.7. The van der Waals surface area contributed by atoms with E-state index in [9.17, 15) is 5.11 Å². The summed E-state index contributed by atoms with van der Waals surface area (Å²) in [4.78, 5) is 6.99. The zero-order valence-electron chi connectivity index (χ0n) is 16.2. The molecule has 27 heavy (non-hydrogen) atoms. The van der Waals surface area contributed by atoms with E-state index < -0.39 is 6.10 Å². The largest absolute Gasteiger partial charge is 0.386 e. The van der Waals surface area contributed by atoms with Crippen LogP contribution in [0.25, 0.3) is 0 Å². The van der Waals surface area contributed by atoms with Gasteiger partial charge in [0, 0.05) is 42.8 Å². The molecule has 7 heteroatoms. The molecule has 0 radical (unpaired) electrons. The summed E-state index contributed by atoms with van der Waals surface area (Å²) in [6.45, 7) is 12.3. The van der Waals surface area contributed by atoms with E-state index in [1.165, 1.54) is 5.57 Å². The standard InChI is InChI=1S/C20H31ClN4O.HI/c1-4-22-20(23-13-19(26)17-7-5-6-8-18(17)21)24-16-9-11-25(12-10-16)14-15(2)3;/h5-8,16,19,26H,2,4,9-14H2,1,3H3,(H2,22,23,24);1H. The van der Waals surface area contributed by atoms with Crippen molar-refractivity contribution in [1.82, 2.24) is 15.5 Å². The van der Waals surface area contributed by atoms with Gasteiger partial charge in [0.2, 0.25) is 0 Å². The van der Waals surface area contributed by atoms with Crippen LogP contribution < -0.4 is 10.6 Å². The number of hydrogen-bond acceptors (Lipinski definition) is 3. The van der Waals surface area contributed by atoms with Crippen molar-refractivity contribution >= 4 is 41.5 Å². The molecule has 1 aromatic rings. The minimum Gasteiger partial charge on any atom is -0.386 e. The zero-order chi connectivity index (χ0) is 18.9. The molecule has 1 heterocycles. The Labute approximate surface area is 185 Å². The van der Waals surface area contributed by atoms with Gasteiger partial charge < -0.3 is 15.7 Å². The summed E-state index contributed by atoms with van der Waals surface area (Å²) in [7, 11) is 0. The Morgan fingerprint density at radius 3 is 2.63 bits per heavy atom. The van der Waals surface area contributed by atoms with E-state index in [2.05, 4.69) is 34.0 Å². The first kappa shape index (κ1) is 24.2. The Hall–Kier alpha value is -0.830. The van der Waals surface area contributed by atoms with Crippen LogP contribution in [0.4, 0.5) is 0 Å². The van der Waals surface area contributed by atoms with Crippen molar-refractivity contribution in [1.29, 1.82) is 0 Å². The van der Waals surface area contributed by atoms with Gasteiger partial charge in [0.1, 0.15) is 6.10 Å². The number of hydrogen-bond donors (Lipinski definition) is 3. The minimum atomic E-state index is -0.712. The maximum Gasteiger partial charge on any atom is 0.191 e. The third-order valence-corrected chi connectivity index (χ3v) is 4.80. The summed E-state index contributed by atoms with van der Waals surface area (Å²) in [5.74, 6) is 0.747. The van der Waals surface area contributed by atoms with Crippen LogP contribution in [0.15, 0.2) is 41.4 Å². The first-order valence-electron chi connectivity index (χ1n) is 9.33. The minimum absolute atomic E-state index is 0. The number of benzene rings is 1. The van der Waals surface area contributed by atoms with Gasteiger partial charge in [-0.15, -0.1) is 24.0 Å². The lowest BCUT2D eigenvalue weighted by molar-refractivity contribution is 0.187. The molecule has 1 aliphatic rings. The number of piperidine rings is 1. The predicted molar refractivity (Wildman–Crippen MR) is 125 cm³/mol. The average Bonchev–Trinajstić information content (AvgIpc) is 2.61. The van der Waals surface area contributed by atoms with Crippen molar-refractivity contribution in [2.24, 2.45) is 4.99 Å². The van der Waals surface area contributed by atoms with Crippen molar-refractivity contribution in [3.8, 4) is 0 Å². The molecule has 1 aromatic carbocycles. The number of aliphatic hydroxyl groups is 1. The van der Waals surface area contributed by atoms with E-state index >= 15 is 0 Å². The molecule has 0 aromatic heterocycles. The van der Waals surface area contributed by atoms with E-state index in [-0.39, 0.29) is 30.5 Å². The number of nitrogens with one attached hydrogen (secondary N) is 2. The number of halogens is 2. The Balaban J connectivity index is 0.00000364. The van der Waals surface area contributed by atoms with Crippen LogP contribution in [-0.4, -0.2) is 54.7 Å². The number of aliphatic hydroxyl groups excluding tert-OH is 1. The highest BCUT2D eigenvalue weighted by Crippen LogP contribution is 2.22. The highest BCUT2D eigenvalue weighted by Gasteiger charge is 2.20. The molecule has 2 rings (SSSR count). The number of aliphatic imine (C=N–C) groups is 1. The Bertz CT molecular complexity index is 618. The first-order chi connectivity index (χ1) is 12.5. The van der Waals surface area contributed by atoms with Gasteiger partial charge in [-0.1, -0.05) is 42.0 Å². The van der Waals surface area contributed by atoms with Crippen LogP contribution in [-0.2, 0) is 0 Å². The van der Waals surface area contributed by atoms with Gasteiger partial charge in [0.25, 0.3) is 0 Å². The average molecular weight is 507 g/mol. The lowest BCUT2D eigenvalue weighted by Crippen LogP contribution is -2.49. The van der Waals surface area contributed by atoms with Crippen LogP contribution in [0.5, 0.6) is 0 Å². The summed E-state index contributed by atoms with van der Waals surface area (Å²) in [6.07, 6.45) is 1.44. The summed E-state index contributed by atoms with van der Waals surface area (Å²) in [6, 6.07) is 7.74. The van der Waals surface area contributed by atoms with Crippen molar-refractivity contribution in [2.45, 2.75) is 38.8 Å². The molecule has 0 amide bonds. The molecule has 0 bridgehead atoms. The molecule has 1 unspecified atom stereocenters. The van der Waals surface area contributed by atoms with Crippen molar-refractivity contribution in [2.75, 3.05) is 32.7 Å². The third-order valence-electron chi connectivity index (χ3n) is 4.45. The summed E-state index contributed by atoms with van der Waals surface area (Å²) >= 11 is 6.15. The van der Waals surface area contributed by atoms with Gasteiger partial charge in [-0.2, -0.15) is 0 Å². The lowest BCUT2D eigenvalue weighted by atomic mass is 10.0. The highest BCUT2D eigenvalue weighted by atomic mass is 127. The molecule has 1 aliphatic heterocycles. The molecule has 0 spiro atoms. The number of nitrogens with zero attached hydrogens (tertiary/aromatic N) is 2. The quantitative estimate of drug-likeness (QED) is 0.229. The molecule has 1 fully saturated rings. The first-order valence-corrected chi connectivity index (χ1v) is 9.71. The fourth-order valence-electron chi connectivity index (χ4n) is 3.15. The lowest BCUT2D eigenvalue weighted by Gasteiger charge is -2.33. The molecule has 3 N–H and O–H groups in total. The second-order valence-corrected chi connectivity index (χ2v) is 7.32. The molecule has 1 atom stereocenters.